The predicted molar refractivity (Wildman–Crippen MR) is 71.9 cm³/mol. The fraction of sp³-hybridized carbons (Fsp3) is 0.308. The number of hydrogen-bond acceptors (Lipinski definition) is 5. The van der Waals surface area contributed by atoms with Crippen LogP contribution in [-0.2, 0) is 6.54 Å². The van der Waals surface area contributed by atoms with Crippen molar-refractivity contribution >= 4 is 11.3 Å². The number of thiazole rings is 1. The van der Waals surface area contributed by atoms with Crippen molar-refractivity contribution in [3.05, 3.63) is 46.4 Å². The molecule has 0 radical (unpaired) electrons. The van der Waals surface area contributed by atoms with Gasteiger partial charge in [-0.3, -0.25) is 0 Å². The van der Waals surface area contributed by atoms with Gasteiger partial charge in [0.15, 0.2) is 0 Å². The molecule has 0 aliphatic heterocycles. The fourth-order valence-electron chi connectivity index (χ4n) is 1.65. The Kier molecular flexibility index (Phi) is 5.40. The van der Waals surface area contributed by atoms with Crippen molar-refractivity contribution in [3.63, 3.8) is 0 Å². The van der Waals surface area contributed by atoms with Gasteiger partial charge in [0, 0.05) is 18.5 Å². The van der Waals surface area contributed by atoms with Gasteiger partial charge in [0.1, 0.15) is 5.75 Å². The normalized spacial score (nSPS) is 12.6. The number of benzene rings is 1. The molecule has 0 spiro atoms. The molecular weight excluding hydrogens is 286 g/mol. The third-order valence-electron chi connectivity index (χ3n) is 2.62. The lowest BCUT2D eigenvalue weighted by atomic mass is 10.1. The smallest absolute Gasteiger partial charge is 0.387 e. The second kappa shape index (κ2) is 7.28. The van der Waals surface area contributed by atoms with E-state index in [1.165, 1.54) is 23.5 Å². The van der Waals surface area contributed by atoms with Crippen molar-refractivity contribution in [1.82, 2.24) is 10.3 Å². The van der Waals surface area contributed by atoms with Gasteiger partial charge in [-0.25, -0.2) is 4.98 Å². The highest BCUT2D eigenvalue weighted by molar-refractivity contribution is 7.07. The summed E-state index contributed by atoms with van der Waals surface area (Å²) in [4.78, 5) is 4.11. The molecule has 0 aliphatic carbocycles. The van der Waals surface area contributed by atoms with Crippen LogP contribution in [0.3, 0.4) is 0 Å². The Bertz CT molecular complexity index is 506. The first-order valence-corrected chi connectivity index (χ1v) is 6.90. The van der Waals surface area contributed by atoms with Crippen LogP contribution in [0.5, 0.6) is 5.75 Å². The van der Waals surface area contributed by atoms with Crippen molar-refractivity contribution in [2.45, 2.75) is 19.3 Å². The zero-order valence-corrected chi connectivity index (χ0v) is 11.3. The zero-order chi connectivity index (χ0) is 14.4. The summed E-state index contributed by atoms with van der Waals surface area (Å²) in [5.74, 6) is 0.0754. The lowest BCUT2D eigenvalue weighted by Gasteiger charge is -2.12. The summed E-state index contributed by atoms with van der Waals surface area (Å²) in [6.45, 7) is -1.91. The summed E-state index contributed by atoms with van der Waals surface area (Å²) >= 11 is 1.51. The van der Waals surface area contributed by atoms with Crippen LogP contribution in [0.1, 0.15) is 17.4 Å². The first-order valence-electron chi connectivity index (χ1n) is 5.96. The van der Waals surface area contributed by atoms with Crippen LogP contribution in [0.25, 0.3) is 0 Å². The van der Waals surface area contributed by atoms with E-state index in [1.807, 2.05) is 5.38 Å². The summed E-state index contributed by atoms with van der Waals surface area (Å²) in [6.07, 6.45) is -0.714. The molecule has 1 heterocycles. The molecule has 2 aromatic rings. The monoisotopic (exact) mass is 300 g/mol. The van der Waals surface area contributed by atoms with Crippen LogP contribution in [0, 0.1) is 0 Å². The van der Waals surface area contributed by atoms with Gasteiger partial charge in [-0.15, -0.1) is 11.3 Å². The maximum atomic E-state index is 12.0. The molecule has 1 aromatic carbocycles. The number of hydrogen-bond donors (Lipinski definition) is 2. The minimum absolute atomic E-state index is 0.0754. The van der Waals surface area contributed by atoms with Crippen LogP contribution in [0.4, 0.5) is 8.78 Å². The first kappa shape index (κ1) is 14.8. The van der Waals surface area contributed by atoms with Crippen molar-refractivity contribution in [3.8, 4) is 5.75 Å². The summed E-state index contributed by atoms with van der Waals surface area (Å²) in [5.41, 5.74) is 3.30. The maximum absolute atomic E-state index is 12.0. The quantitative estimate of drug-likeness (QED) is 0.825. The van der Waals surface area contributed by atoms with E-state index in [2.05, 4.69) is 15.0 Å². The Hall–Kier alpha value is -1.57. The summed E-state index contributed by atoms with van der Waals surface area (Å²) in [7, 11) is 0. The number of halogens is 2. The van der Waals surface area contributed by atoms with E-state index >= 15 is 0 Å². The third-order valence-corrected chi connectivity index (χ3v) is 3.25. The molecule has 0 saturated carbocycles. The van der Waals surface area contributed by atoms with Crippen molar-refractivity contribution < 1.29 is 18.6 Å². The largest absolute Gasteiger partial charge is 0.435 e. The minimum Gasteiger partial charge on any atom is -0.435 e. The first-order chi connectivity index (χ1) is 9.65. The molecule has 20 heavy (non-hydrogen) atoms. The van der Waals surface area contributed by atoms with Crippen LogP contribution in [0.15, 0.2) is 35.2 Å². The molecule has 1 atom stereocenters. The van der Waals surface area contributed by atoms with Gasteiger partial charge >= 0.3 is 6.61 Å². The molecule has 0 saturated heterocycles. The molecule has 0 bridgehead atoms. The van der Waals surface area contributed by atoms with E-state index < -0.39 is 12.7 Å². The molecule has 4 nitrogen and oxygen atoms in total. The highest BCUT2D eigenvalue weighted by Gasteiger charge is 2.09. The average Bonchev–Trinajstić information content (AvgIpc) is 2.92. The second-order valence-corrected chi connectivity index (χ2v) is 4.79. The Balaban J connectivity index is 1.81. The van der Waals surface area contributed by atoms with Gasteiger partial charge < -0.3 is 15.2 Å². The van der Waals surface area contributed by atoms with Crippen LogP contribution < -0.4 is 10.1 Å². The Labute approximate surface area is 119 Å². The molecule has 0 aliphatic rings. The van der Waals surface area contributed by atoms with Crippen molar-refractivity contribution in [2.75, 3.05) is 6.54 Å². The number of nitrogens with one attached hydrogen (secondary N) is 1. The highest BCUT2D eigenvalue weighted by Crippen LogP contribution is 2.19. The van der Waals surface area contributed by atoms with Crippen LogP contribution in [-0.4, -0.2) is 23.2 Å². The molecule has 0 fully saturated rings. The standard InChI is InChI=1S/C13H14F2N2O2S/c14-13(15)19-11-3-1-9(2-4-11)12(18)6-16-5-10-7-20-8-17-10/h1-4,7-8,12-13,16,18H,5-6H2. The summed E-state index contributed by atoms with van der Waals surface area (Å²) < 4.78 is 28.2. The number of aliphatic hydroxyl groups is 1. The molecule has 2 N–H and O–H groups in total. The average molecular weight is 300 g/mol. The van der Waals surface area contributed by atoms with Crippen LogP contribution >= 0.6 is 11.3 Å². The number of ether oxygens (including phenoxy) is 1. The zero-order valence-electron chi connectivity index (χ0n) is 10.5. The number of rotatable bonds is 7. The summed E-state index contributed by atoms with van der Waals surface area (Å²) in [6, 6.07) is 5.94. The molecule has 2 rings (SSSR count). The van der Waals surface area contributed by atoms with Gasteiger partial charge in [0.05, 0.1) is 17.3 Å². The van der Waals surface area contributed by atoms with Crippen molar-refractivity contribution in [2.24, 2.45) is 0 Å². The lowest BCUT2D eigenvalue weighted by Crippen LogP contribution is -2.21. The molecule has 108 valence electrons. The minimum atomic E-state index is -2.84. The van der Waals surface area contributed by atoms with E-state index in [-0.39, 0.29) is 5.75 Å². The van der Waals surface area contributed by atoms with E-state index in [0.717, 1.165) is 5.69 Å². The predicted octanol–water partition coefficient (Wildman–Crippen LogP) is 2.57. The number of aromatic nitrogens is 1. The lowest BCUT2D eigenvalue weighted by molar-refractivity contribution is -0.0498. The number of aliphatic hydroxyl groups excluding tert-OH is 1. The van der Waals surface area contributed by atoms with E-state index in [4.69, 9.17) is 0 Å². The van der Waals surface area contributed by atoms with Gasteiger partial charge in [0.25, 0.3) is 0 Å². The SMILES string of the molecule is OC(CNCc1cscn1)c1ccc(OC(F)F)cc1. The third kappa shape index (κ3) is 4.52. The van der Waals surface area contributed by atoms with Gasteiger partial charge in [-0.2, -0.15) is 8.78 Å². The molecule has 1 aromatic heterocycles. The van der Waals surface area contributed by atoms with E-state index in [1.54, 1.807) is 17.6 Å². The number of alkyl halides is 2. The van der Waals surface area contributed by atoms with Gasteiger partial charge in [-0.05, 0) is 17.7 Å². The second-order valence-electron chi connectivity index (χ2n) is 4.07. The van der Waals surface area contributed by atoms with E-state index in [9.17, 15) is 13.9 Å². The van der Waals surface area contributed by atoms with Gasteiger partial charge in [0.2, 0.25) is 0 Å². The van der Waals surface area contributed by atoms with Crippen LogP contribution in [0.2, 0.25) is 0 Å². The van der Waals surface area contributed by atoms with E-state index in [0.29, 0.717) is 18.7 Å². The Morgan fingerprint density at radius 2 is 2.05 bits per heavy atom. The fourth-order valence-corrected chi connectivity index (χ4v) is 2.21. The molecule has 0 amide bonds. The van der Waals surface area contributed by atoms with Crippen molar-refractivity contribution in [1.29, 1.82) is 0 Å². The number of nitrogens with zero attached hydrogens (tertiary/aromatic N) is 1. The molecule has 1 unspecified atom stereocenters. The Morgan fingerprint density at radius 3 is 2.65 bits per heavy atom. The topological polar surface area (TPSA) is 54.4 Å². The van der Waals surface area contributed by atoms with Gasteiger partial charge in [-0.1, -0.05) is 12.1 Å². The molecule has 7 heteroatoms. The highest BCUT2D eigenvalue weighted by atomic mass is 32.1. The maximum Gasteiger partial charge on any atom is 0.387 e. The molecular formula is C13H14F2N2O2S. The Morgan fingerprint density at radius 1 is 1.30 bits per heavy atom. The summed E-state index contributed by atoms with van der Waals surface area (Å²) in [5, 5.41) is 15.0.